The molecular formula is C17H25NO3. The fraction of sp³-hybridized carbons (Fsp3) is 0.588. The number of nitrogen functional groups attached to an aromatic ring is 1. The van der Waals surface area contributed by atoms with Crippen LogP contribution in [0.4, 0.5) is 5.69 Å². The first-order chi connectivity index (χ1) is 10.1. The highest BCUT2D eigenvalue weighted by molar-refractivity contribution is 5.91. The highest BCUT2D eigenvalue weighted by Crippen LogP contribution is 2.25. The second kappa shape index (κ2) is 7.34. The number of nitrogens with two attached hydrogens (primary N) is 1. The number of hydrogen-bond donors (Lipinski definition) is 1. The first-order valence-electron chi connectivity index (χ1n) is 7.79. The van der Waals surface area contributed by atoms with Gasteiger partial charge in [0.05, 0.1) is 17.9 Å². The van der Waals surface area contributed by atoms with Crippen LogP contribution >= 0.6 is 0 Å². The zero-order chi connectivity index (χ0) is 15.2. The average molecular weight is 291 g/mol. The topological polar surface area (TPSA) is 61.5 Å². The maximum Gasteiger partial charge on any atom is 0.338 e. The van der Waals surface area contributed by atoms with Gasteiger partial charge >= 0.3 is 5.97 Å². The Morgan fingerprint density at radius 2 is 2.00 bits per heavy atom. The molecule has 0 unspecified atom stereocenters. The summed E-state index contributed by atoms with van der Waals surface area (Å²) in [6, 6.07) is 5.10. The van der Waals surface area contributed by atoms with Crippen LogP contribution in [0, 0.1) is 5.92 Å². The van der Waals surface area contributed by atoms with Crippen molar-refractivity contribution in [2.45, 2.75) is 52.1 Å². The molecule has 0 atom stereocenters. The van der Waals surface area contributed by atoms with E-state index in [9.17, 15) is 4.79 Å². The lowest BCUT2D eigenvalue weighted by atomic mass is 9.98. The van der Waals surface area contributed by atoms with Crippen molar-refractivity contribution in [1.29, 1.82) is 0 Å². The molecule has 2 N–H and O–H groups in total. The van der Waals surface area contributed by atoms with Crippen LogP contribution in [0.3, 0.4) is 0 Å². The van der Waals surface area contributed by atoms with Crippen molar-refractivity contribution in [3.05, 3.63) is 23.8 Å². The van der Waals surface area contributed by atoms with Gasteiger partial charge in [-0.1, -0.05) is 20.3 Å². The molecule has 0 radical (unpaired) electrons. The standard InChI is InChI=1S/C17H25NO3/c1-12(2)11-20-16-9-8-13(10-15(16)18)17(19)21-14-6-4-3-5-7-14/h8-10,12,14H,3-7,11,18H2,1-2H3. The van der Waals surface area contributed by atoms with Gasteiger partial charge in [0.25, 0.3) is 0 Å². The van der Waals surface area contributed by atoms with Gasteiger partial charge in [0.15, 0.2) is 0 Å². The third-order valence-electron chi connectivity index (χ3n) is 3.64. The van der Waals surface area contributed by atoms with Gasteiger partial charge in [0, 0.05) is 0 Å². The fourth-order valence-corrected chi connectivity index (χ4v) is 2.47. The first-order valence-corrected chi connectivity index (χ1v) is 7.79. The minimum atomic E-state index is -0.288. The molecule has 0 heterocycles. The van der Waals surface area contributed by atoms with Gasteiger partial charge in [-0.3, -0.25) is 0 Å². The molecule has 1 aromatic carbocycles. The van der Waals surface area contributed by atoms with Crippen LogP contribution in [0.2, 0.25) is 0 Å². The van der Waals surface area contributed by atoms with E-state index in [4.69, 9.17) is 15.2 Å². The minimum Gasteiger partial charge on any atom is -0.491 e. The molecule has 1 aliphatic rings. The van der Waals surface area contributed by atoms with Crippen LogP contribution in [0.1, 0.15) is 56.3 Å². The molecule has 0 saturated heterocycles. The molecule has 116 valence electrons. The van der Waals surface area contributed by atoms with E-state index >= 15 is 0 Å². The van der Waals surface area contributed by atoms with Crippen molar-refractivity contribution in [3.63, 3.8) is 0 Å². The van der Waals surface area contributed by atoms with Crippen molar-refractivity contribution >= 4 is 11.7 Å². The summed E-state index contributed by atoms with van der Waals surface area (Å²) in [7, 11) is 0. The highest BCUT2D eigenvalue weighted by Gasteiger charge is 2.19. The Morgan fingerprint density at radius 3 is 2.62 bits per heavy atom. The summed E-state index contributed by atoms with van der Waals surface area (Å²) in [4.78, 5) is 12.1. The Hall–Kier alpha value is -1.71. The second-order valence-corrected chi connectivity index (χ2v) is 6.12. The molecule has 1 saturated carbocycles. The maximum absolute atomic E-state index is 12.1. The summed E-state index contributed by atoms with van der Waals surface area (Å²) in [5.41, 5.74) is 6.92. The Balaban J connectivity index is 1.96. The summed E-state index contributed by atoms with van der Waals surface area (Å²) >= 11 is 0. The van der Waals surface area contributed by atoms with Gasteiger partial charge in [-0.05, 0) is 49.8 Å². The van der Waals surface area contributed by atoms with Crippen LogP contribution in [0.15, 0.2) is 18.2 Å². The quantitative estimate of drug-likeness (QED) is 0.662. The molecule has 0 spiro atoms. The van der Waals surface area contributed by atoms with Gasteiger partial charge in [-0.25, -0.2) is 4.79 Å². The third kappa shape index (κ3) is 4.66. The van der Waals surface area contributed by atoms with Crippen molar-refractivity contribution in [2.24, 2.45) is 5.92 Å². The first kappa shape index (κ1) is 15.7. The zero-order valence-corrected chi connectivity index (χ0v) is 12.9. The van der Waals surface area contributed by atoms with E-state index in [0.29, 0.717) is 29.5 Å². The summed E-state index contributed by atoms with van der Waals surface area (Å²) in [6.07, 6.45) is 5.52. The van der Waals surface area contributed by atoms with Crippen molar-refractivity contribution in [1.82, 2.24) is 0 Å². The van der Waals surface area contributed by atoms with Crippen LogP contribution < -0.4 is 10.5 Å². The summed E-state index contributed by atoms with van der Waals surface area (Å²) in [5, 5.41) is 0. The van der Waals surface area contributed by atoms with Gasteiger partial charge in [0.1, 0.15) is 11.9 Å². The van der Waals surface area contributed by atoms with Gasteiger partial charge in [-0.15, -0.1) is 0 Å². The number of benzene rings is 1. The maximum atomic E-state index is 12.1. The molecule has 2 rings (SSSR count). The van der Waals surface area contributed by atoms with Crippen molar-refractivity contribution in [2.75, 3.05) is 12.3 Å². The zero-order valence-electron chi connectivity index (χ0n) is 12.9. The molecule has 21 heavy (non-hydrogen) atoms. The lowest BCUT2D eigenvalue weighted by Crippen LogP contribution is -2.21. The Kier molecular flexibility index (Phi) is 5.48. The lowest BCUT2D eigenvalue weighted by Gasteiger charge is -2.22. The van der Waals surface area contributed by atoms with Crippen LogP contribution in [-0.4, -0.2) is 18.7 Å². The number of esters is 1. The summed E-state index contributed by atoms with van der Waals surface area (Å²) < 4.78 is 11.1. The number of hydrogen-bond acceptors (Lipinski definition) is 4. The van der Waals surface area contributed by atoms with E-state index in [1.54, 1.807) is 18.2 Å². The normalized spacial score (nSPS) is 16.0. The molecule has 4 nitrogen and oxygen atoms in total. The smallest absolute Gasteiger partial charge is 0.338 e. The molecule has 0 aliphatic heterocycles. The lowest BCUT2D eigenvalue weighted by molar-refractivity contribution is 0.0211. The van der Waals surface area contributed by atoms with Crippen molar-refractivity contribution in [3.8, 4) is 5.75 Å². The van der Waals surface area contributed by atoms with E-state index < -0.39 is 0 Å². The molecule has 1 aliphatic carbocycles. The Morgan fingerprint density at radius 1 is 1.29 bits per heavy atom. The molecule has 1 fully saturated rings. The number of carbonyl (C=O) groups is 1. The van der Waals surface area contributed by atoms with E-state index in [-0.39, 0.29) is 12.1 Å². The predicted octanol–water partition coefficient (Wildman–Crippen LogP) is 3.79. The predicted molar refractivity (Wildman–Crippen MR) is 83.5 cm³/mol. The summed E-state index contributed by atoms with van der Waals surface area (Å²) in [6.45, 7) is 4.76. The van der Waals surface area contributed by atoms with E-state index in [1.807, 2.05) is 0 Å². The SMILES string of the molecule is CC(C)COc1ccc(C(=O)OC2CCCCC2)cc1N. The number of anilines is 1. The average Bonchev–Trinajstić information content (AvgIpc) is 2.46. The van der Waals surface area contributed by atoms with Crippen LogP contribution in [-0.2, 0) is 4.74 Å². The number of rotatable bonds is 5. The molecule has 0 aromatic heterocycles. The number of carbonyl (C=O) groups excluding carboxylic acids is 1. The van der Waals surface area contributed by atoms with Gasteiger partial charge < -0.3 is 15.2 Å². The fourth-order valence-electron chi connectivity index (χ4n) is 2.47. The van der Waals surface area contributed by atoms with Gasteiger partial charge in [-0.2, -0.15) is 0 Å². The summed E-state index contributed by atoms with van der Waals surface area (Å²) in [5.74, 6) is 0.766. The molecule has 0 amide bonds. The Labute approximate surface area is 126 Å². The molecule has 4 heteroatoms. The molecule has 0 bridgehead atoms. The second-order valence-electron chi connectivity index (χ2n) is 6.12. The third-order valence-corrected chi connectivity index (χ3v) is 3.64. The van der Waals surface area contributed by atoms with Crippen LogP contribution in [0.5, 0.6) is 5.75 Å². The largest absolute Gasteiger partial charge is 0.491 e. The van der Waals surface area contributed by atoms with Crippen molar-refractivity contribution < 1.29 is 14.3 Å². The highest BCUT2D eigenvalue weighted by atomic mass is 16.5. The molecule has 1 aromatic rings. The van der Waals surface area contributed by atoms with E-state index in [1.165, 1.54) is 6.42 Å². The van der Waals surface area contributed by atoms with E-state index in [0.717, 1.165) is 25.7 Å². The van der Waals surface area contributed by atoms with Crippen LogP contribution in [0.25, 0.3) is 0 Å². The number of ether oxygens (including phenoxy) is 2. The van der Waals surface area contributed by atoms with Gasteiger partial charge in [0.2, 0.25) is 0 Å². The molecular weight excluding hydrogens is 266 g/mol. The monoisotopic (exact) mass is 291 g/mol. The van der Waals surface area contributed by atoms with E-state index in [2.05, 4.69) is 13.8 Å². The minimum absolute atomic E-state index is 0.0596. The Bertz CT molecular complexity index is 479.